The van der Waals surface area contributed by atoms with E-state index in [9.17, 15) is 19.2 Å². The summed E-state index contributed by atoms with van der Waals surface area (Å²) in [6, 6.07) is 14.6. The molecule has 50 heavy (non-hydrogen) atoms. The van der Waals surface area contributed by atoms with Crippen LogP contribution in [0, 0.1) is 5.92 Å². The monoisotopic (exact) mass is 698 g/mol. The molecule has 0 saturated carbocycles. The molecule has 2 aromatic rings. The average Bonchev–Trinajstić information content (AvgIpc) is 3.00. The van der Waals surface area contributed by atoms with Crippen LogP contribution in [0.5, 0.6) is 5.75 Å². The molecule has 0 aromatic heterocycles. The van der Waals surface area contributed by atoms with Crippen molar-refractivity contribution in [2.75, 3.05) is 33.5 Å². The summed E-state index contributed by atoms with van der Waals surface area (Å²) in [7, 11) is 1.56. The molecule has 278 valence electrons. The second-order valence-electron chi connectivity index (χ2n) is 14.9. The van der Waals surface area contributed by atoms with Gasteiger partial charge in [-0.1, -0.05) is 42.5 Å². The summed E-state index contributed by atoms with van der Waals surface area (Å²) in [5.74, 6) is -2.33. The van der Waals surface area contributed by atoms with Crippen LogP contribution in [-0.2, 0) is 46.2 Å². The van der Waals surface area contributed by atoms with Crippen LogP contribution in [0.2, 0.25) is 0 Å². The van der Waals surface area contributed by atoms with Crippen LogP contribution in [0.1, 0.15) is 72.9 Å². The lowest BCUT2D eigenvalue weighted by atomic mass is 9.81. The highest BCUT2D eigenvalue weighted by Crippen LogP contribution is 2.24. The Morgan fingerprint density at radius 3 is 1.94 bits per heavy atom. The van der Waals surface area contributed by atoms with E-state index in [1.165, 1.54) is 0 Å². The molecule has 3 atom stereocenters. The number of hydrogen-bond acceptors (Lipinski definition) is 9. The summed E-state index contributed by atoms with van der Waals surface area (Å²) in [4.78, 5) is 53.8. The Labute approximate surface area is 297 Å². The lowest BCUT2D eigenvalue weighted by Gasteiger charge is -2.36. The lowest BCUT2D eigenvalue weighted by Crippen LogP contribution is -2.60. The maximum Gasteiger partial charge on any atom is 0.308 e. The van der Waals surface area contributed by atoms with Gasteiger partial charge in [-0.25, -0.2) is 0 Å². The second-order valence-corrected chi connectivity index (χ2v) is 14.9. The van der Waals surface area contributed by atoms with E-state index in [0.717, 1.165) is 11.1 Å². The fraction of sp³-hybridized carbons (Fsp3) is 0.579. The number of nitrogens with one attached hydrogen (secondary N) is 3. The number of esters is 1. The van der Waals surface area contributed by atoms with Crippen molar-refractivity contribution < 1.29 is 38.1 Å². The van der Waals surface area contributed by atoms with Gasteiger partial charge in [0, 0.05) is 19.2 Å². The SMILES string of the molecule is COCCOCCNC(=O)C(CC(=O)OC(C)(C)C)NC(=O)C(Cc1ccccc1)C(C)(C)NC(=O)C(N)Cc1ccc(OC(C)(C)C)cc1. The van der Waals surface area contributed by atoms with E-state index in [4.69, 9.17) is 24.7 Å². The molecule has 0 saturated heterocycles. The Morgan fingerprint density at radius 1 is 0.740 bits per heavy atom. The third-order valence-corrected chi connectivity index (χ3v) is 7.46. The molecule has 2 aromatic carbocycles. The average molecular weight is 699 g/mol. The topological polar surface area (TPSA) is 167 Å². The summed E-state index contributed by atoms with van der Waals surface area (Å²) in [6.45, 7) is 15.7. The summed E-state index contributed by atoms with van der Waals surface area (Å²) >= 11 is 0. The first kappa shape index (κ1) is 42.2. The van der Waals surface area contributed by atoms with Gasteiger partial charge in [0.25, 0.3) is 0 Å². The largest absolute Gasteiger partial charge is 0.488 e. The van der Waals surface area contributed by atoms with Crippen molar-refractivity contribution in [1.82, 2.24) is 16.0 Å². The Morgan fingerprint density at radius 2 is 1.36 bits per heavy atom. The predicted molar refractivity (Wildman–Crippen MR) is 192 cm³/mol. The first-order chi connectivity index (χ1) is 23.3. The number of nitrogens with two attached hydrogens (primary N) is 1. The quantitative estimate of drug-likeness (QED) is 0.127. The van der Waals surface area contributed by atoms with Gasteiger partial charge in [-0.15, -0.1) is 0 Å². The van der Waals surface area contributed by atoms with Crippen molar-refractivity contribution in [3.05, 3.63) is 65.7 Å². The van der Waals surface area contributed by atoms with Crippen LogP contribution in [-0.4, -0.2) is 86.0 Å². The Bertz CT molecular complexity index is 1370. The van der Waals surface area contributed by atoms with Crippen LogP contribution in [0.25, 0.3) is 0 Å². The summed E-state index contributed by atoms with van der Waals surface area (Å²) in [5, 5.41) is 8.49. The van der Waals surface area contributed by atoms with E-state index >= 15 is 0 Å². The molecule has 5 N–H and O–H groups in total. The summed E-state index contributed by atoms with van der Waals surface area (Å²) in [6.07, 6.45) is 0.105. The van der Waals surface area contributed by atoms with Gasteiger partial charge in [0.05, 0.1) is 38.2 Å². The fourth-order valence-corrected chi connectivity index (χ4v) is 5.06. The molecule has 0 fully saturated rings. The van der Waals surface area contributed by atoms with Crippen molar-refractivity contribution in [1.29, 1.82) is 0 Å². The van der Waals surface area contributed by atoms with Crippen molar-refractivity contribution in [3.8, 4) is 5.75 Å². The van der Waals surface area contributed by atoms with Crippen molar-refractivity contribution in [2.45, 2.75) is 103 Å². The molecule has 12 heteroatoms. The third-order valence-electron chi connectivity index (χ3n) is 7.46. The van der Waals surface area contributed by atoms with Crippen LogP contribution >= 0.6 is 0 Å². The molecule has 0 heterocycles. The number of ether oxygens (including phenoxy) is 4. The highest BCUT2D eigenvalue weighted by atomic mass is 16.6. The number of carbonyl (C=O) groups excluding carboxylic acids is 4. The number of benzene rings is 2. The van der Waals surface area contributed by atoms with Gasteiger partial charge in [-0.3, -0.25) is 19.2 Å². The fourth-order valence-electron chi connectivity index (χ4n) is 5.06. The molecule has 0 aliphatic rings. The van der Waals surface area contributed by atoms with E-state index in [1.807, 2.05) is 75.4 Å². The first-order valence-electron chi connectivity index (χ1n) is 17.1. The maximum absolute atomic E-state index is 14.1. The molecule has 0 bridgehead atoms. The van der Waals surface area contributed by atoms with Gasteiger partial charge in [0.15, 0.2) is 0 Å². The van der Waals surface area contributed by atoms with Crippen molar-refractivity contribution >= 4 is 23.7 Å². The highest BCUT2D eigenvalue weighted by Gasteiger charge is 2.39. The van der Waals surface area contributed by atoms with Crippen LogP contribution in [0.4, 0.5) is 0 Å². The third kappa shape index (κ3) is 16.1. The Balaban J connectivity index is 2.25. The maximum atomic E-state index is 14.1. The molecular formula is C38H58N4O8. The van der Waals surface area contributed by atoms with E-state index in [1.54, 1.807) is 41.7 Å². The zero-order valence-electron chi connectivity index (χ0n) is 31.2. The Hall–Kier alpha value is -4.00. The van der Waals surface area contributed by atoms with Gasteiger partial charge >= 0.3 is 5.97 Å². The molecule has 0 spiro atoms. The van der Waals surface area contributed by atoms with E-state index in [-0.39, 0.29) is 31.6 Å². The lowest BCUT2D eigenvalue weighted by molar-refractivity contribution is -0.156. The molecule has 12 nitrogen and oxygen atoms in total. The van der Waals surface area contributed by atoms with Crippen LogP contribution < -0.4 is 26.4 Å². The normalized spacial score (nSPS) is 13.8. The minimum atomic E-state index is -1.24. The second kappa shape index (κ2) is 19.4. The van der Waals surface area contributed by atoms with Crippen molar-refractivity contribution in [2.24, 2.45) is 11.7 Å². The van der Waals surface area contributed by atoms with Crippen LogP contribution in [0.15, 0.2) is 54.6 Å². The molecular weight excluding hydrogens is 640 g/mol. The zero-order valence-corrected chi connectivity index (χ0v) is 31.2. The van der Waals surface area contributed by atoms with E-state index in [0.29, 0.717) is 19.0 Å². The molecule has 0 aliphatic heterocycles. The Kier molecular flexibility index (Phi) is 16.4. The standard InChI is InChI=1S/C38H58N4O8/c1-36(2,3)49-28-17-15-27(16-18-28)24-30(39)34(45)42-38(7,8)29(23-26-13-11-10-12-14-26)33(44)41-31(25-32(43)50-37(4,5)6)35(46)40-19-20-48-22-21-47-9/h10-18,29-31H,19-25,39H2,1-9H3,(H,40,46)(H,41,44)(H,42,45). The van der Waals surface area contributed by atoms with E-state index < -0.39 is 59.3 Å². The molecule has 3 amide bonds. The van der Waals surface area contributed by atoms with Crippen LogP contribution in [0.3, 0.4) is 0 Å². The highest BCUT2D eigenvalue weighted by molar-refractivity contribution is 5.92. The summed E-state index contributed by atoms with van der Waals surface area (Å²) < 4.78 is 21.7. The van der Waals surface area contributed by atoms with Gasteiger partial charge in [-0.2, -0.15) is 0 Å². The number of carbonyl (C=O) groups is 4. The van der Waals surface area contributed by atoms with Crippen molar-refractivity contribution in [3.63, 3.8) is 0 Å². The number of amides is 3. The van der Waals surface area contributed by atoms with E-state index in [2.05, 4.69) is 16.0 Å². The first-order valence-corrected chi connectivity index (χ1v) is 17.1. The number of rotatable bonds is 19. The van der Waals surface area contributed by atoms with Gasteiger partial charge in [0.2, 0.25) is 17.7 Å². The minimum absolute atomic E-state index is 0.155. The molecule has 0 radical (unpaired) electrons. The summed E-state index contributed by atoms with van der Waals surface area (Å²) in [5.41, 5.74) is 5.81. The predicted octanol–water partition coefficient (Wildman–Crippen LogP) is 3.48. The smallest absolute Gasteiger partial charge is 0.308 e. The number of hydrogen-bond donors (Lipinski definition) is 4. The minimum Gasteiger partial charge on any atom is -0.488 e. The van der Waals surface area contributed by atoms with Gasteiger partial charge in [0.1, 0.15) is 23.0 Å². The molecule has 3 unspecified atom stereocenters. The molecule has 0 aliphatic carbocycles. The zero-order chi connectivity index (χ0) is 37.5. The number of methoxy groups -OCH3 is 1. The van der Waals surface area contributed by atoms with Gasteiger partial charge < -0.3 is 40.6 Å². The molecule has 2 rings (SSSR count). The van der Waals surface area contributed by atoms with Gasteiger partial charge in [-0.05, 0) is 91.5 Å².